The molecular formula is C24H22O2. The Kier molecular flexibility index (Phi) is 5.89. The smallest absolute Gasteiger partial charge is 0.120 e. The van der Waals surface area contributed by atoms with Gasteiger partial charge in [0.2, 0.25) is 0 Å². The summed E-state index contributed by atoms with van der Waals surface area (Å²) >= 11 is 0. The fourth-order valence-corrected chi connectivity index (χ4v) is 2.59. The van der Waals surface area contributed by atoms with Crippen LogP contribution in [0.3, 0.4) is 0 Å². The average molecular weight is 342 g/mol. The van der Waals surface area contributed by atoms with Gasteiger partial charge >= 0.3 is 0 Å². The number of hydrogen-bond donors (Lipinski definition) is 0. The summed E-state index contributed by atoms with van der Waals surface area (Å²) < 4.78 is 11.7. The largest absolute Gasteiger partial charge is 0.489 e. The van der Waals surface area contributed by atoms with Gasteiger partial charge in [0.25, 0.3) is 0 Å². The number of rotatable bonds is 8. The van der Waals surface area contributed by atoms with Crippen molar-refractivity contribution < 1.29 is 9.47 Å². The standard InChI is InChI=1S/C24H22O2/c1-3-19-7-5-9-21(15-19)17-25-23-11-13-24(14-12-23)26-18-22-10-6-8-20(4-2)16-22/h3-16H,1-2,17-18H2. The zero-order chi connectivity index (χ0) is 18.2. The molecule has 26 heavy (non-hydrogen) atoms. The molecule has 0 amide bonds. The Bertz CT molecular complexity index is 804. The van der Waals surface area contributed by atoms with Crippen molar-refractivity contribution in [3.8, 4) is 11.5 Å². The number of hydrogen-bond acceptors (Lipinski definition) is 2. The normalized spacial score (nSPS) is 10.2. The minimum Gasteiger partial charge on any atom is -0.489 e. The van der Waals surface area contributed by atoms with Crippen molar-refractivity contribution in [1.29, 1.82) is 0 Å². The zero-order valence-corrected chi connectivity index (χ0v) is 14.7. The SMILES string of the molecule is C=Cc1cccc(COc2ccc(OCc3cccc(C=C)c3)cc2)c1. The van der Waals surface area contributed by atoms with Gasteiger partial charge in [-0.25, -0.2) is 0 Å². The summed E-state index contributed by atoms with van der Waals surface area (Å²) in [5.41, 5.74) is 4.42. The molecule has 0 bridgehead atoms. The van der Waals surface area contributed by atoms with Crippen LogP contribution < -0.4 is 9.47 Å². The van der Waals surface area contributed by atoms with Gasteiger partial charge < -0.3 is 9.47 Å². The molecule has 0 radical (unpaired) electrons. The van der Waals surface area contributed by atoms with Crippen molar-refractivity contribution in [2.75, 3.05) is 0 Å². The van der Waals surface area contributed by atoms with Gasteiger partial charge in [0.05, 0.1) is 0 Å². The first kappa shape index (κ1) is 17.6. The van der Waals surface area contributed by atoms with Crippen LogP contribution in [0.15, 0.2) is 86.0 Å². The predicted molar refractivity (Wildman–Crippen MR) is 108 cm³/mol. The Morgan fingerprint density at radius 3 is 1.42 bits per heavy atom. The summed E-state index contributed by atoms with van der Waals surface area (Å²) in [6.45, 7) is 8.63. The van der Waals surface area contributed by atoms with Gasteiger partial charge in [0.1, 0.15) is 24.7 Å². The predicted octanol–water partition coefficient (Wildman–Crippen LogP) is 6.13. The van der Waals surface area contributed by atoms with E-state index in [0.29, 0.717) is 13.2 Å². The summed E-state index contributed by atoms with van der Waals surface area (Å²) in [6.07, 6.45) is 3.67. The first-order valence-electron chi connectivity index (χ1n) is 8.55. The molecule has 0 unspecified atom stereocenters. The van der Waals surface area contributed by atoms with Gasteiger partial charge in [0.15, 0.2) is 0 Å². The van der Waals surface area contributed by atoms with E-state index in [-0.39, 0.29) is 0 Å². The molecule has 0 aliphatic rings. The maximum absolute atomic E-state index is 5.84. The van der Waals surface area contributed by atoms with E-state index in [1.54, 1.807) is 0 Å². The highest BCUT2D eigenvalue weighted by atomic mass is 16.5. The summed E-state index contributed by atoms with van der Waals surface area (Å²) in [5.74, 6) is 1.63. The minimum absolute atomic E-state index is 0.524. The molecular weight excluding hydrogens is 320 g/mol. The molecule has 3 aromatic rings. The summed E-state index contributed by atoms with van der Waals surface area (Å²) in [7, 11) is 0. The Hall–Kier alpha value is -3.26. The molecule has 0 fully saturated rings. The molecule has 0 aliphatic carbocycles. The van der Waals surface area contributed by atoms with Gasteiger partial charge in [-0.2, -0.15) is 0 Å². The topological polar surface area (TPSA) is 18.5 Å². The summed E-state index contributed by atoms with van der Waals surface area (Å²) in [6, 6.07) is 24.0. The van der Waals surface area contributed by atoms with Crippen LogP contribution in [0.1, 0.15) is 22.3 Å². The van der Waals surface area contributed by atoms with Gasteiger partial charge in [-0.1, -0.05) is 61.7 Å². The van der Waals surface area contributed by atoms with Crippen LogP contribution in [0.4, 0.5) is 0 Å². The van der Waals surface area contributed by atoms with Crippen molar-refractivity contribution in [2.24, 2.45) is 0 Å². The summed E-state index contributed by atoms with van der Waals surface area (Å²) in [4.78, 5) is 0. The first-order valence-corrected chi connectivity index (χ1v) is 8.55. The van der Waals surface area contributed by atoms with Crippen molar-refractivity contribution in [3.05, 3.63) is 108 Å². The third-order valence-corrected chi connectivity index (χ3v) is 4.01. The molecule has 0 N–H and O–H groups in total. The lowest BCUT2D eigenvalue weighted by atomic mass is 10.1. The van der Waals surface area contributed by atoms with E-state index in [2.05, 4.69) is 25.3 Å². The lowest BCUT2D eigenvalue weighted by molar-refractivity contribution is 0.297. The molecule has 2 heteroatoms. The van der Waals surface area contributed by atoms with E-state index in [4.69, 9.17) is 9.47 Å². The van der Waals surface area contributed by atoms with Crippen molar-refractivity contribution in [3.63, 3.8) is 0 Å². The molecule has 3 rings (SSSR count). The van der Waals surface area contributed by atoms with Crippen LogP contribution in [-0.2, 0) is 13.2 Å². The van der Waals surface area contributed by atoms with E-state index >= 15 is 0 Å². The van der Waals surface area contributed by atoms with E-state index in [1.165, 1.54) is 0 Å². The van der Waals surface area contributed by atoms with Crippen LogP contribution in [0.2, 0.25) is 0 Å². The van der Waals surface area contributed by atoms with E-state index in [1.807, 2.05) is 72.8 Å². The molecule has 0 saturated carbocycles. The lowest BCUT2D eigenvalue weighted by Crippen LogP contribution is -1.97. The second-order valence-electron chi connectivity index (χ2n) is 5.95. The van der Waals surface area contributed by atoms with Crippen LogP contribution in [-0.4, -0.2) is 0 Å². The van der Waals surface area contributed by atoms with E-state index in [0.717, 1.165) is 33.8 Å². The average Bonchev–Trinajstić information content (AvgIpc) is 2.72. The van der Waals surface area contributed by atoms with Crippen molar-refractivity contribution in [1.82, 2.24) is 0 Å². The second-order valence-corrected chi connectivity index (χ2v) is 5.95. The molecule has 2 nitrogen and oxygen atoms in total. The van der Waals surface area contributed by atoms with Crippen LogP contribution in [0.5, 0.6) is 11.5 Å². The molecule has 0 aromatic heterocycles. The molecule has 0 atom stereocenters. The highest BCUT2D eigenvalue weighted by molar-refractivity contribution is 5.48. The fraction of sp³-hybridized carbons (Fsp3) is 0.0833. The molecule has 130 valence electrons. The molecule has 0 heterocycles. The monoisotopic (exact) mass is 342 g/mol. The van der Waals surface area contributed by atoms with Gasteiger partial charge in [-0.3, -0.25) is 0 Å². The van der Waals surface area contributed by atoms with Crippen LogP contribution in [0.25, 0.3) is 12.2 Å². The number of benzene rings is 3. The maximum atomic E-state index is 5.84. The third kappa shape index (κ3) is 4.87. The Morgan fingerprint density at radius 1 is 0.615 bits per heavy atom. The van der Waals surface area contributed by atoms with Gasteiger partial charge in [0, 0.05) is 0 Å². The Morgan fingerprint density at radius 2 is 1.04 bits per heavy atom. The van der Waals surface area contributed by atoms with Crippen LogP contribution >= 0.6 is 0 Å². The van der Waals surface area contributed by atoms with Crippen LogP contribution in [0, 0.1) is 0 Å². The lowest BCUT2D eigenvalue weighted by Gasteiger charge is -2.10. The van der Waals surface area contributed by atoms with E-state index in [9.17, 15) is 0 Å². The first-order chi connectivity index (χ1) is 12.8. The van der Waals surface area contributed by atoms with Gasteiger partial charge in [-0.15, -0.1) is 0 Å². The van der Waals surface area contributed by atoms with Gasteiger partial charge in [-0.05, 0) is 58.7 Å². The third-order valence-electron chi connectivity index (χ3n) is 4.01. The number of ether oxygens (including phenoxy) is 2. The second kappa shape index (κ2) is 8.72. The van der Waals surface area contributed by atoms with Crippen molar-refractivity contribution in [2.45, 2.75) is 13.2 Å². The molecule has 0 saturated heterocycles. The molecule has 0 spiro atoms. The summed E-state index contributed by atoms with van der Waals surface area (Å²) in [5, 5.41) is 0. The molecule has 0 aliphatic heterocycles. The van der Waals surface area contributed by atoms with E-state index < -0.39 is 0 Å². The molecule has 3 aromatic carbocycles. The minimum atomic E-state index is 0.524. The van der Waals surface area contributed by atoms with Crippen molar-refractivity contribution >= 4 is 12.2 Å². The fourth-order valence-electron chi connectivity index (χ4n) is 2.59. The Labute approximate surface area is 155 Å². The Balaban J connectivity index is 1.54. The highest BCUT2D eigenvalue weighted by Gasteiger charge is 2.00. The highest BCUT2D eigenvalue weighted by Crippen LogP contribution is 2.20. The maximum Gasteiger partial charge on any atom is 0.120 e. The zero-order valence-electron chi connectivity index (χ0n) is 14.7. The quantitative estimate of drug-likeness (QED) is 0.490.